The lowest BCUT2D eigenvalue weighted by Gasteiger charge is -1.97. The smallest absolute Gasteiger partial charge is 0.173 e. The predicted octanol–water partition coefficient (Wildman–Crippen LogP) is 3.04. The van der Waals surface area contributed by atoms with Gasteiger partial charge < -0.3 is 0 Å². The fraction of sp³-hybridized carbons (Fsp3) is 0.200. The number of hydrogen-bond donors (Lipinski definition) is 0. The first kappa shape index (κ1) is 10.0. The molecule has 0 unspecified atom stereocenters. The number of halogens is 1. The van der Waals surface area contributed by atoms with E-state index in [2.05, 4.69) is 63.1 Å². The Hall–Kier alpha value is -0.490. The highest BCUT2D eigenvalue weighted by molar-refractivity contribution is 14.1. The van der Waals surface area contributed by atoms with Crippen LogP contribution in [-0.4, -0.2) is 9.36 Å². The summed E-state index contributed by atoms with van der Waals surface area (Å²) in [4.78, 5) is 4.32. The van der Waals surface area contributed by atoms with Gasteiger partial charge in [0, 0.05) is 6.42 Å². The molecule has 0 bridgehead atoms. The summed E-state index contributed by atoms with van der Waals surface area (Å²) in [5, 5.41) is 0. The van der Waals surface area contributed by atoms with Crippen molar-refractivity contribution >= 4 is 34.1 Å². The van der Waals surface area contributed by atoms with Crippen molar-refractivity contribution in [3.05, 3.63) is 44.2 Å². The zero-order valence-corrected chi connectivity index (χ0v) is 10.7. The van der Waals surface area contributed by atoms with Crippen LogP contribution in [0.15, 0.2) is 24.3 Å². The molecule has 2 nitrogen and oxygen atoms in total. The summed E-state index contributed by atoms with van der Waals surface area (Å²) in [6.07, 6.45) is 0.833. The van der Waals surface area contributed by atoms with E-state index in [1.54, 1.807) is 0 Å². The van der Waals surface area contributed by atoms with Gasteiger partial charge in [0.25, 0.3) is 0 Å². The molecule has 1 heterocycles. The first-order valence-corrected chi connectivity index (χ1v) is 6.13. The average molecular weight is 316 g/mol. The van der Waals surface area contributed by atoms with Gasteiger partial charge in [-0.25, -0.2) is 4.98 Å². The average Bonchev–Trinajstić information content (AvgIpc) is 2.56. The molecular formula is C10H9IN2S. The summed E-state index contributed by atoms with van der Waals surface area (Å²) in [5.41, 5.74) is 2.55. The van der Waals surface area contributed by atoms with Gasteiger partial charge in [-0.3, -0.25) is 0 Å². The molecule has 0 radical (unpaired) electrons. The number of aromatic nitrogens is 2. The molecule has 0 saturated heterocycles. The van der Waals surface area contributed by atoms with Gasteiger partial charge >= 0.3 is 0 Å². The molecule has 0 amide bonds. The van der Waals surface area contributed by atoms with E-state index in [1.165, 1.54) is 22.7 Å². The standard InChI is InChI=1S/C10H9IN2S/c1-7-2-4-8(5-3-7)6-9-12-10(11)14-13-9/h2-5H,6H2,1H3. The topological polar surface area (TPSA) is 25.8 Å². The third-order valence-electron chi connectivity index (χ3n) is 1.93. The molecule has 72 valence electrons. The Morgan fingerprint density at radius 2 is 2.00 bits per heavy atom. The first-order valence-electron chi connectivity index (χ1n) is 4.27. The zero-order valence-electron chi connectivity index (χ0n) is 7.70. The second kappa shape index (κ2) is 4.35. The van der Waals surface area contributed by atoms with E-state index in [0.717, 1.165) is 15.3 Å². The molecule has 0 N–H and O–H groups in total. The summed E-state index contributed by atoms with van der Waals surface area (Å²) in [6.45, 7) is 2.09. The second-order valence-corrected chi connectivity index (χ2v) is 5.63. The maximum atomic E-state index is 4.32. The SMILES string of the molecule is Cc1ccc(Cc2nsc(I)n2)cc1. The van der Waals surface area contributed by atoms with Gasteiger partial charge in [0.1, 0.15) is 5.82 Å². The monoisotopic (exact) mass is 316 g/mol. The van der Waals surface area contributed by atoms with Crippen LogP contribution in [0.25, 0.3) is 0 Å². The molecule has 0 fully saturated rings. The van der Waals surface area contributed by atoms with Gasteiger partial charge in [-0.05, 0) is 46.6 Å². The minimum Gasteiger partial charge on any atom is -0.213 e. The number of hydrogen-bond acceptors (Lipinski definition) is 3. The predicted molar refractivity (Wildman–Crippen MR) is 66.6 cm³/mol. The van der Waals surface area contributed by atoms with E-state index in [0.29, 0.717) is 0 Å². The van der Waals surface area contributed by atoms with Gasteiger partial charge in [-0.1, -0.05) is 29.8 Å². The van der Waals surface area contributed by atoms with Crippen LogP contribution in [0.4, 0.5) is 0 Å². The number of benzene rings is 1. The third kappa shape index (κ3) is 2.51. The van der Waals surface area contributed by atoms with Crippen LogP contribution in [0.3, 0.4) is 0 Å². The normalized spacial score (nSPS) is 10.4. The molecule has 0 aliphatic rings. The molecule has 1 aromatic carbocycles. The number of nitrogens with zero attached hydrogens (tertiary/aromatic N) is 2. The Morgan fingerprint density at radius 3 is 2.57 bits per heavy atom. The molecule has 0 aliphatic carbocycles. The Kier molecular flexibility index (Phi) is 3.12. The van der Waals surface area contributed by atoms with E-state index in [1.807, 2.05) is 0 Å². The third-order valence-corrected chi connectivity index (χ3v) is 3.30. The Morgan fingerprint density at radius 1 is 1.29 bits per heavy atom. The van der Waals surface area contributed by atoms with Crippen molar-refractivity contribution < 1.29 is 0 Å². The van der Waals surface area contributed by atoms with Crippen molar-refractivity contribution in [2.24, 2.45) is 0 Å². The highest BCUT2D eigenvalue weighted by atomic mass is 127. The molecule has 14 heavy (non-hydrogen) atoms. The lowest BCUT2D eigenvalue weighted by atomic mass is 10.1. The van der Waals surface area contributed by atoms with Crippen molar-refractivity contribution in [1.29, 1.82) is 0 Å². The Bertz CT molecular complexity index is 422. The first-order chi connectivity index (χ1) is 6.74. The summed E-state index contributed by atoms with van der Waals surface area (Å²) in [6, 6.07) is 8.49. The molecule has 4 heteroatoms. The molecule has 0 saturated carbocycles. The molecule has 0 atom stereocenters. The van der Waals surface area contributed by atoms with Crippen LogP contribution in [0.2, 0.25) is 0 Å². The minimum absolute atomic E-state index is 0.833. The number of aryl methyl sites for hydroxylation is 1. The summed E-state index contributed by atoms with van der Waals surface area (Å²) in [5.74, 6) is 0.920. The van der Waals surface area contributed by atoms with Crippen molar-refractivity contribution in [1.82, 2.24) is 9.36 Å². The van der Waals surface area contributed by atoms with E-state index >= 15 is 0 Å². The zero-order chi connectivity index (χ0) is 9.97. The van der Waals surface area contributed by atoms with E-state index in [9.17, 15) is 0 Å². The lowest BCUT2D eigenvalue weighted by molar-refractivity contribution is 1.03. The Labute approximate surface area is 101 Å². The Balaban J connectivity index is 2.15. The molecule has 2 aromatic rings. The lowest BCUT2D eigenvalue weighted by Crippen LogP contribution is -1.90. The fourth-order valence-electron chi connectivity index (χ4n) is 1.19. The number of rotatable bonds is 2. The van der Waals surface area contributed by atoms with Crippen LogP contribution in [0.1, 0.15) is 17.0 Å². The van der Waals surface area contributed by atoms with E-state index in [4.69, 9.17) is 0 Å². The van der Waals surface area contributed by atoms with Gasteiger partial charge in [-0.15, -0.1) is 0 Å². The fourth-order valence-corrected chi connectivity index (χ4v) is 2.20. The maximum Gasteiger partial charge on any atom is 0.173 e. The molecule has 0 spiro atoms. The highest BCUT2D eigenvalue weighted by Gasteiger charge is 2.02. The van der Waals surface area contributed by atoms with Gasteiger partial charge in [0.15, 0.2) is 3.01 Å². The van der Waals surface area contributed by atoms with Gasteiger partial charge in [0.2, 0.25) is 0 Å². The van der Waals surface area contributed by atoms with E-state index < -0.39 is 0 Å². The van der Waals surface area contributed by atoms with Crippen LogP contribution < -0.4 is 0 Å². The largest absolute Gasteiger partial charge is 0.213 e. The van der Waals surface area contributed by atoms with Crippen molar-refractivity contribution in [2.45, 2.75) is 13.3 Å². The highest BCUT2D eigenvalue weighted by Crippen LogP contribution is 2.12. The molecule has 1 aromatic heterocycles. The minimum atomic E-state index is 0.833. The molecular weight excluding hydrogens is 307 g/mol. The second-order valence-electron chi connectivity index (χ2n) is 3.13. The summed E-state index contributed by atoms with van der Waals surface area (Å²) < 4.78 is 5.26. The summed E-state index contributed by atoms with van der Waals surface area (Å²) in [7, 11) is 0. The van der Waals surface area contributed by atoms with Crippen LogP contribution in [0.5, 0.6) is 0 Å². The van der Waals surface area contributed by atoms with Gasteiger partial charge in [0.05, 0.1) is 0 Å². The van der Waals surface area contributed by atoms with Crippen molar-refractivity contribution in [3.8, 4) is 0 Å². The van der Waals surface area contributed by atoms with Crippen molar-refractivity contribution in [3.63, 3.8) is 0 Å². The molecule has 0 aliphatic heterocycles. The molecule has 2 rings (SSSR count). The van der Waals surface area contributed by atoms with E-state index in [-0.39, 0.29) is 0 Å². The quantitative estimate of drug-likeness (QED) is 0.796. The van der Waals surface area contributed by atoms with Crippen LogP contribution in [0, 0.1) is 9.94 Å². The van der Waals surface area contributed by atoms with Crippen LogP contribution >= 0.6 is 34.1 Å². The van der Waals surface area contributed by atoms with Crippen molar-refractivity contribution in [2.75, 3.05) is 0 Å². The summed E-state index contributed by atoms with van der Waals surface area (Å²) >= 11 is 3.65. The van der Waals surface area contributed by atoms with Crippen LogP contribution in [-0.2, 0) is 6.42 Å². The maximum absolute atomic E-state index is 4.32. The van der Waals surface area contributed by atoms with Gasteiger partial charge in [-0.2, -0.15) is 4.37 Å².